The molecule has 1 amide bonds. The van der Waals surface area contributed by atoms with E-state index in [-0.39, 0.29) is 22.6 Å². The molecule has 2 saturated carbocycles. The molecule has 2 aliphatic carbocycles. The Bertz CT molecular complexity index is 1350. The molecular formula is C24H28F6N6O5S. The van der Waals surface area contributed by atoms with Gasteiger partial charge in [0.1, 0.15) is 16.8 Å². The number of aliphatic hydroxyl groups is 1. The number of ether oxygens (including phenoxy) is 1. The van der Waals surface area contributed by atoms with Crippen LogP contribution in [0.1, 0.15) is 56.9 Å². The van der Waals surface area contributed by atoms with Crippen LogP contribution in [0.2, 0.25) is 0 Å². The van der Waals surface area contributed by atoms with Gasteiger partial charge in [-0.1, -0.05) is 0 Å². The molecule has 2 aromatic rings. The summed E-state index contributed by atoms with van der Waals surface area (Å²) in [4.78, 5) is 24.0. The quantitative estimate of drug-likeness (QED) is 0.302. The van der Waals surface area contributed by atoms with Crippen molar-refractivity contribution in [1.29, 1.82) is 0 Å². The second-order valence-corrected chi connectivity index (χ2v) is 12.2. The van der Waals surface area contributed by atoms with E-state index in [9.17, 15) is 44.7 Å². The Balaban J connectivity index is 1.25. The number of nitrogens with zero attached hydrogens (tertiary/aromatic N) is 3. The minimum atomic E-state index is -4.85. The van der Waals surface area contributed by atoms with Crippen molar-refractivity contribution < 1.29 is 49.4 Å². The lowest BCUT2D eigenvalue weighted by molar-refractivity contribution is -0.290. The first-order valence-electron chi connectivity index (χ1n) is 12.8. The maximum absolute atomic E-state index is 12.8. The number of anilines is 2. The molecule has 2 fully saturated rings. The highest BCUT2D eigenvalue weighted by Crippen LogP contribution is 2.45. The Kier molecular flexibility index (Phi) is 8.90. The average molecular weight is 627 g/mol. The van der Waals surface area contributed by atoms with Crippen molar-refractivity contribution in [3.63, 3.8) is 0 Å². The Morgan fingerprint density at radius 2 is 1.76 bits per heavy atom. The minimum absolute atomic E-state index is 0.0395. The van der Waals surface area contributed by atoms with Crippen LogP contribution in [0, 0.1) is 0 Å². The van der Waals surface area contributed by atoms with Crippen LogP contribution in [0.3, 0.4) is 0 Å². The molecular weight excluding hydrogens is 598 g/mol. The van der Waals surface area contributed by atoms with Crippen LogP contribution in [-0.4, -0.2) is 70.7 Å². The monoisotopic (exact) mass is 626 g/mol. The van der Waals surface area contributed by atoms with Crippen molar-refractivity contribution in [2.75, 3.05) is 5.32 Å². The third kappa shape index (κ3) is 7.97. The van der Waals surface area contributed by atoms with Gasteiger partial charge in [-0.2, -0.15) is 26.3 Å². The lowest BCUT2D eigenvalue weighted by Gasteiger charge is -2.44. The zero-order chi connectivity index (χ0) is 30.9. The molecule has 0 spiro atoms. The predicted molar refractivity (Wildman–Crippen MR) is 134 cm³/mol. The number of sulfonamides is 1. The normalized spacial score (nSPS) is 25.4. The van der Waals surface area contributed by atoms with Crippen molar-refractivity contribution in [1.82, 2.24) is 25.0 Å². The summed E-state index contributed by atoms with van der Waals surface area (Å²) in [7, 11) is -4.18. The molecule has 3 atom stereocenters. The van der Waals surface area contributed by atoms with Crippen molar-refractivity contribution in [2.24, 2.45) is 0 Å². The fourth-order valence-electron chi connectivity index (χ4n) is 4.83. The first-order chi connectivity index (χ1) is 19.4. The Labute approximate surface area is 236 Å². The molecule has 42 heavy (non-hydrogen) atoms. The molecule has 2 heterocycles. The predicted octanol–water partition coefficient (Wildman–Crippen LogP) is 4.05. The zero-order valence-corrected chi connectivity index (χ0v) is 22.9. The number of carbonyl (C=O) groups is 1. The van der Waals surface area contributed by atoms with Gasteiger partial charge >= 0.3 is 18.4 Å². The lowest BCUT2D eigenvalue weighted by atomic mass is 9.76. The number of nitrogens with one attached hydrogen (secondary N) is 3. The van der Waals surface area contributed by atoms with E-state index in [0.29, 0.717) is 19.3 Å². The fourth-order valence-corrected chi connectivity index (χ4v) is 6.01. The number of hydrogen-bond acceptors (Lipinski definition) is 9. The first-order valence-corrected chi connectivity index (χ1v) is 14.3. The Hall–Kier alpha value is -3.25. The molecule has 11 nitrogen and oxygen atoms in total. The van der Waals surface area contributed by atoms with E-state index in [1.165, 1.54) is 19.1 Å². The van der Waals surface area contributed by atoms with Gasteiger partial charge in [0.15, 0.2) is 5.60 Å². The third-order valence-electron chi connectivity index (χ3n) is 7.01. The molecule has 4 N–H and O–H groups in total. The molecule has 2 aromatic heterocycles. The smallest absolute Gasteiger partial charge is 0.417 e. The van der Waals surface area contributed by atoms with Crippen molar-refractivity contribution in [3.8, 4) is 0 Å². The van der Waals surface area contributed by atoms with E-state index in [4.69, 9.17) is 4.74 Å². The number of pyridine rings is 1. The highest BCUT2D eigenvalue weighted by molar-refractivity contribution is 7.89. The summed E-state index contributed by atoms with van der Waals surface area (Å²) in [6.45, 7) is 1.24. The number of halogens is 6. The summed E-state index contributed by atoms with van der Waals surface area (Å²) >= 11 is 0. The second-order valence-electron chi connectivity index (χ2n) is 10.5. The number of carbonyl (C=O) groups excluding carboxylic acids is 1. The fraction of sp³-hybridized carbons (Fsp3) is 0.583. The lowest BCUT2D eigenvalue weighted by Crippen LogP contribution is -2.62. The summed E-state index contributed by atoms with van der Waals surface area (Å²) in [6, 6.07) is 0.321. The molecule has 0 unspecified atom stereocenters. The maximum atomic E-state index is 12.8. The van der Waals surface area contributed by atoms with Crippen LogP contribution in [-0.2, 0) is 14.8 Å². The molecule has 232 valence electrons. The van der Waals surface area contributed by atoms with Crippen LogP contribution >= 0.6 is 0 Å². The number of amides is 1. The van der Waals surface area contributed by atoms with Gasteiger partial charge < -0.3 is 20.5 Å². The molecule has 2 aliphatic rings. The number of aromatic nitrogens is 3. The van der Waals surface area contributed by atoms with Crippen LogP contribution in [0.4, 0.5) is 42.9 Å². The molecule has 0 bridgehead atoms. The summed E-state index contributed by atoms with van der Waals surface area (Å²) < 4.78 is 108. The number of hydrogen-bond donors (Lipinski definition) is 4. The van der Waals surface area contributed by atoms with Crippen LogP contribution in [0.15, 0.2) is 35.6 Å². The van der Waals surface area contributed by atoms with Crippen LogP contribution < -0.4 is 15.4 Å². The van der Waals surface area contributed by atoms with Gasteiger partial charge in [-0.25, -0.2) is 32.9 Å². The largest absolute Gasteiger partial charge is 0.446 e. The molecule has 0 aromatic carbocycles. The third-order valence-corrected chi connectivity index (χ3v) is 8.51. The number of rotatable bonds is 9. The Morgan fingerprint density at radius 3 is 2.33 bits per heavy atom. The summed E-state index contributed by atoms with van der Waals surface area (Å²) in [5.74, 6) is 0.295. The van der Waals surface area contributed by atoms with E-state index >= 15 is 0 Å². The van der Waals surface area contributed by atoms with E-state index in [0.717, 1.165) is 11.8 Å². The van der Waals surface area contributed by atoms with E-state index in [1.807, 2.05) is 0 Å². The summed E-state index contributed by atoms with van der Waals surface area (Å²) in [6.07, 6.45) is -7.65. The highest BCUT2D eigenvalue weighted by atomic mass is 32.2. The van der Waals surface area contributed by atoms with Gasteiger partial charge in [0.2, 0.25) is 16.0 Å². The van der Waals surface area contributed by atoms with Crippen LogP contribution in [0.5, 0.6) is 0 Å². The topological polar surface area (TPSA) is 155 Å². The summed E-state index contributed by atoms with van der Waals surface area (Å²) in [5, 5.41) is 14.5. The highest BCUT2D eigenvalue weighted by Gasteiger charge is 2.61. The van der Waals surface area contributed by atoms with Gasteiger partial charge in [0.25, 0.3) is 0 Å². The van der Waals surface area contributed by atoms with Gasteiger partial charge in [0.05, 0.1) is 6.42 Å². The average Bonchev–Trinajstić information content (AvgIpc) is 3.30. The molecule has 0 saturated heterocycles. The van der Waals surface area contributed by atoms with Crippen molar-refractivity contribution >= 4 is 27.9 Å². The van der Waals surface area contributed by atoms with Gasteiger partial charge in [-0.15, -0.1) is 0 Å². The standard InChI is InChI=1S/C24H28F6N6O5S/c1-13(7-23(25,26)27)34-21(37)41-17-3-2-14(6-17)15-10-32-20(33-11-15)35-19-5-4-18(12-31-19)42(39,40)36-16-8-22(38,9-16)24(28,29)30/h4-5,10-14,16-17,36,38H,2-3,6-9H2,1H3,(H,34,37)(H,31,32,33,35)/t13-,14+,16?,17-,22?/m0/s1. The molecule has 0 aliphatic heterocycles. The van der Waals surface area contributed by atoms with E-state index < -0.39 is 71.5 Å². The van der Waals surface area contributed by atoms with Gasteiger partial charge in [0, 0.05) is 43.5 Å². The van der Waals surface area contributed by atoms with Crippen molar-refractivity contribution in [2.45, 2.75) is 92.4 Å². The van der Waals surface area contributed by atoms with Crippen LogP contribution in [0.25, 0.3) is 0 Å². The molecule has 0 radical (unpaired) electrons. The number of alkyl carbamates (subject to hydrolysis) is 1. The van der Waals surface area contributed by atoms with Gasteiger partial charge in [-0.3, -0.25) is 0 Å². The first kappa shape index (κ1) is 31.7. The second kappa shape index (κ2) is 11.8. The van der Waals surface area contributed by atoms with E-state index in [2.05, 4.69) is 30.3 Å². The maximum Gasteiger partial charge on any atom is 0.417 e. The molecule has 18 heteroatoms. The van der Waals surface area contributed by atoms with E-state index in [1.54, 1.807) is 12.4 Å². The SMILES string of the molecule is C[C@@H](CC(F)(F)F)NC(=O)O[C@H]1CC[C@@H](c2cnc(Nc3ccc(S(=O)(=O)NC4CC(O)(C(F)(F)F)C4)cn3)nc2)C1. The number of alkyl halides is 6. The zero-order valence-electron chi connectivity index (χ0n) is 22.0. The Morgan fingerprint density at radius 1 is 1.10 bits per heavy atom. The van der Waals surface area contributed by atoms with Gasteiger partial charge in [-0.05, 0) is 49.8 Å². The summed E-state index contributed by atoms with van der Waals surface area (Å²) in [5.41, 5.74) is -2.15. The van der Waals surface area contributed by atoms with Crippen molar-refractivity contribution in [3.05, 3.63) is 36.3 Å². The molecule has 4 rings (SSSR count). The minimum Gasteiger partial charge on any atom is -0.446 e.